The number of halogens is 2. The molecule has 2 amide bonds. The predicted molar refractivity (Wildman–Crippen MR) is 131 cm³/mol. The molecule has 32 heavy (non-hydrogen) atoms. The summed E-state index contributed by atoms with van der Waals surface area (Å²) in [6.45, 7) is 0. The topological polar surface area (TPSA) is 82.9 Å². The summed E-state index contributed by atoms with van der Waals surface area (Å²) >= 11 is 12.1. The van der Waals surface area contributed by atoms with Crippen LogP contribution in [0.1, 0.15) is 62.5 Å². The quantitative estimate of drug-likeness (QED) is 0.221. The maximum absolute atomic E-state index is 11.8. The van der Waals surface area contributed by atoms with E-state index >= 15 is 0 Å². The monoisotopic (exact) mass is 474 g/mol. The van der Waals surface area contributed by atoms with Crippen LogP contribution in [0.25, 0.3) is 0 Å². The van der Waals surface area contributed by atoms with Crippen LogP contribution in [0.3, 0.4) is 0 Å². The number of carbonyl (C=O) groups excluding carboxylic acids is 2. The molecule has 6 nitrogen and oxygen atoms in total. The SMILES string of the molecule is O=C(CCCCCCCCC(=O)N/N=C/c1ccccc1Cl)N/N=C/c1ccccc1Cl. The number of unbranched alkanes of at least 4 members (excludes halogenated alkanes) is 5. The molecular weight excluding hydrogens is 447 g/mol. The Bertz CT molecular complexity index is 856. The van der Waals surface area contributed by atoms with E-state index in [0.717, 1.165) is 49.7 Å². The normalized spacial score (nSPS) is 11.2. The molecular formula is C24H28Cl2N4O2. The summed E-state index contributed by atoms with van der Waals surface area (Å²) in [5.74, 6) is -0.218. The standard InChI is InChI=1S/C24H28Cl2N4O2/c25-21-13-9-7-11-19(21)17-27-29-23(31)15-5-3-1-2-4-6-16-24(32)30-28-18-20-12-8-10-14-22(20)26/h7-14,17-18H,1-6,15-16H2,(H,29,31)(H,30,32)/b27-17+,28-18+. The van der Waals surface area contributed by atoms with Gasteiger partial charge in [-0.05, 0) is 25.0 Å². The van der Waals surface area contributed by atoms with Gasteiger partial charge in [-0.25, -0.2) is 10.9 Å². The van der Waals surface area contributed by atoms with Crippen LogP contribution in [0, 0.1) is 0 Å². The third-order valence-electron chi connectivity index (χ3n) is 4.65. The van der Waals surface area contributed by atoms with E-state index in [-0.39, 0.29) is 11.8 Å². The van der Waals surface area contributed by atoms with Gasteiger partial charge in [0.05, 0.1) is 12.4 Å². The molecule has 170 valence electrons. The van der Waals surface area contributed by atoms with Crippen LogP contribution in [0.2, 0.25) is 10.0 Å². The summed E-state index contributed by atoms with van der Waals surface area (Å²) in [4.78, 5) is 23.6. The number of hydrogen-bond donors (Lipinski definition) is 2. The lowest BCUT2D eigenvalue weighted by molar-refractivity contribution is -0.122. The van der Waals surface area contributed by atoms with Gasteiger partial charge in [0, 0.05) is 34.0 Å². The van der Waals surface area contributed by atoms with Crippen molar-refractivity contribution in [3.8, 4) is 0 Å². The van der Waals surface area contributed by atoms with Crippen molar-refractivity contribution in [2.45, 2.75) is 51.4 Å². The molecule has 0 aliphatic heterocycles. The molecule has 0 fully saturated rings. The van der Waals surface area contributed by atoms with E-state index in [0.29, 0.717) is 22.9 Å². The highest BCUT2D eigenvalue weighted by Gasteiger charge is 2.02. The average Bonchev–Trinajstić information content (AvgIpc) is 2.78. The molecule has 8 heteroatoms. The van der Waals surface area contributed by atoms with Gasteiger partial charge in [0.15, 0.2) is 0 Å². The van der Waals surface area contributed by atoms with Gasteiger partial charge in [0.2, 0.25) is 11.8 Å². The zero-order chi connectivity index (χ0) is 23.0. The first-order chi connectivity index (χ1) is 15.6. The smallest absolute Gasteiger partial charge is 0.240 e. The van der Waals surface area contributed by atoms with Crippen molar-refractivity contribution in [2.24, 2.45) is 10.2 Å². The van der Waals surface area contributed by atoms with E-state index in [1.54, 1.807) is 24.6 Å². The predicted octanol–water partition coefficient (Wildman–Crippen LogP) is 5.71. The molecule has 2 aromatic carbocycles. The fourth-order valence-corrected chi connectivity index (χ4v) is 3.27. The summed E-state index contributed by atoms with van der Waals surface area (Å²) in [6, 6.07) is 14.6. The molecule has 0 saturated heterocycles. The van der Waals surface area contributed by atoms with Crippen molar-refractivity contribution < 1.29 is 9.59 Å². The van der Waals surface area contributed by atoms with Crippen LogP contribution in [0.15, 0.2) is 58.7 Å². The van der Waals surface area contributed by atoms with Gasteiger partial charge in [-0.3, -0.25) is 9.59 Å². The number of hydrazone groups is 2. The molecule has 0 heterocycles. The van der Waals surface area contributed by atoms with Crippen molar-refractivity contribution in [3.63, 3.8) is 0 Å². The van der Waals surface area contributed by atoms with E-state index in [1.165, 1.54) is 0 Å². The minimum atomic E-state index is -0.109. The van der Waals surface area contributed by atoms with Crippen molar-refractivity contribution in [2.75, 3.05) is 0 Å². The highest BCUT2D eigenvalue weighted by atomic mass is 35.5. The minimum Gasteiger partial charge on any atom is -0.273 e. The van der Waals surface area contributed by atoms with Gasteiger partial charge in [0.25, 0.3) is 0 Å². The summed E-state index contributed by atoms with van der Waals surface area (Å²) in [5.41, 5.74) is 6.56. The largest absolute Gasteiger partial charge is 0.273 e. The Hall–Kier alpha value is -2.70. The fraction of sp³-hybridized carbons (Fsp3) is 0.333. The van der Waals surface area contributed by atoms with Gasteiger partial charge in [0.1, 0.15) is 0 Å². The summed E-state index contributed by atoms with van der Waals surface area (Å²) in [6.07, 6.45) is 9.57. The van der Waals surface area contributed by atoms with Crippen LogP contribution in [0.4, 0.5) is 0 Å². The molecule has 2 rings (SSSR count). The van der Waals surface area contributed by atoms with Crippen LogP contribution < -0.4 is 10.9 Å². The highest BCUT2D eigenvalue weighted by molar-refractivity contribution is 6.33. The number of amides is 2. The third kappa shape index (κ3) is 10.6. The zero-order valence-corrected chi connectivity index (χ0v) is 19.4. The molecule has 0 bridgehead atoms. The average molecular weight is 475 g/mol. The second-order valence-corrected chi connectivity index (χ2v) is 8.07. The molecule has 0 atom stereocenters. The number of nitrogens with zero attached hydrogens (tertiary/aromatic N) is 2. The fourth-order valence-electron chi connectivity index (χ4n) is 2.90. The molecule has 0 aliphatic rings. The van der Waals surface area contributed by atoms with Crippen LogP contribution in [-0.2, 0) is 9.59 Å². The van der Waals surface area contributed by atoms with Gasteiger partial charge < -0.3 is 0 Å². The second kappa shape index (κ2) is 15.2. The number of rotatable bonds is 13. The molecule has 0 spiro atoms. The first kappa shape index (κ1) is 25.6. The first-order valence-electron chi connectivity index (χ1n) is 10.7. The lowest BCUT2D eigenvalue weighted by atomic mass is 10.1. The molecule has 0 unspecified atom stereocenters. The van der Waals surface area contributed by atoms with E-state index in [4.69, 9.17) is 23.2 Å². The summed E-state index contributed by atoms with van der Waals surface area (Å²) in [5, 5.41) is 9.06. The van der Waals surface area contributed by atoms with Gasteiger partial charge in [-0.1, -0.05) is 85.3 Å². The Morgan fingerprint density at radius 3 is 1.44 bits per heavy atom. The van der Waals surface area contributed by atoms with Crippen LogP contribution in [0.5, 0.6) is 0 Å². The highest BCUT2D eigenvalue weighted by Crippen LogP contribution is 2.13. The van der Waals surface area contributed by atoms with Crippen LogP contribution in [-0.4, -0.2) is 24.2 Å². The molecule has 2 N–H and O–H groups in total. The Morgan fingerprint density at radius 1 is 0.656 bits per heavy atom. The van der Waals surface area contributed by atoms with E-state index in [1.807, 2.05) is 36.4 Å². The maximum atomic E-state index is 11.8. The molecule has 0 radical (unpaired) electrons. The maximum Gasteiger partial charge on any atom is 0.240 e. The van der Waals surface area contributed by atoms with E-state index in [2.05, 4.69) is 21.1 Å². The number of carbonyl (C=O) groups is 2. The van der Waals surface area contributed by atoms with Gasteiger partial charge in [-0.2, -0.15) is 10.2 Å². The Labute approximate surface area is 199 Å². The Balaban J connectivity index is 1.45. The lowest BCUT2D eigenvalue weighted by Crippen LogP contribution is -2.17. The summed E-state index contributed by atoms with van der Waals surface area (Å²) in [7, 11) is 0. The molecule has 0 aliphatic carbocycles. The lowest BCUT2D eigenvalue weighted by Gasteiger charge is -2.03. The van der Waals surface area contributed by atoms with Crippen molar-refractivity contribution >= 4 is 47.4 Å². The van der Waals surface area contributed by atoms with Crippen molar-refractivity contribution in [3.05, 3.63) is 69.7 Å². The molecule has 2 aromatic rings. The second-order valence-electron chi connectivity index (χ2n) is 7.25. The van der Waals surface area contributed by atoms with E-state index < -0.39 is 0 Å². The third-order valence-corrected chi connectivity index (χ3v) is 5.34. The Kier molecular flexibility index (Phi) is 12.1. The van der Waals surface area contributed by atoms with Crippen LogP contribution >= 0.6 is 23.2 Å². The molecule has 0 aromatic heterocycles. The Morgan fingerprint density at radius 2 is 1.03 bits per heavy atom. The number of nitrogens with one attached hydrogen (secondary N) is 2. The van der Waals surface area contributed by atoms with Crippen molar-refractivity contribution in [1.82, 2.24) is 10.9 Å². The van der Waals surface area contributed by atoms with Crippen molar-refractivity contribution in [1.29, 1.82) is 0 Å². The summed E-state index contributed by atoms with van der Waals surface area (Å²) < 4.78 is 0. The number of benzene rings is 2. The minimum absolute atomic E-state index is 0.109. The van der Waals surface area contributed by atoms with Gasteiger partial charge in [-0.15, -0.1) is 0 Å². The van der Waals surface area contributed by atoms with E-state index in [9.17, 15) is 9.59 Å². The number of hydrogen-bond acceptors (Lipinski definition) is 4. The zero-order valence-electron chi connectivity index (χ0n) is 17.9. The first-order valence-corrected chi connectivity index (χ1v) is 11.4. The molecule has 0 saturated carbocycles. The van der Waals surface area contributed by atoms with Gasteiger partial charge >= 0.3 is 0 Å².